The van der Waals surface area contributed by atoms with Crippen LogP contribution in [0, 0.1) is 11.3 Å². The number of carbonyl (C=O) groups excluding carboxylic acids is 2. The lowest BCUT2D eigenvalue weighted by molar-refractivity contribution is 0.104. The first-order valence-electron chi connectivity index (χ1n) is 8.11. The second kappa shape index (κ2) is 8.88. The molecule has 0 heterocycles. The highest BCUT2D eigenvalue weighted by Gasteiger charge is 2.36. The van der Waals surface area contributed by atoms with Crippen LogP contribution in [-0.4, -0.2) is 18.4 Å². The molecule has 0 radical (unpaired) electrons. The molecule has 0 aromatic heterocycles. The van der Waals surface area contributed by atoms with Crippen LogP contribution in [0.25, 0.3) is 0 Å². The standard InChI is InChI=1S/C20H18ClN3O3/c1-2-27-12-11-18(25)14-3-5-15(6-4-14)20(13-22,24-19(23)26)16-7-9-17(21)10-8-16/h3-12H,2H2,1H3,(H3,23,24,26). The molecule has 27 heavy (non-hydrogen) atoms. The third-order valence-corrected chi connectivity index (χ3v) is 4.09. The Morgan fingerprint density at radius 3 is 2.22 bits per heavy atom. The van der Waals surface area contributed by atoms with Crippen LogP contribution in [-0.2, 0) is 10.3 Å². The minimum absolute atomic E-state index is 0.244. The average Bonchev–Trinajstić information content (AvgIpc) is 2.67. The molecule has 0 saturated carbocycles. The molecule has 0 saturated heterocycles. The van der Waals surface area contributed by atoms with Crippen LogP contribution >= 0.6 is 11.6 Å². The lowest BCUT2D eigenvalue weighted by Crippen LogP contribution is -2.48. The van der Waals surface area contributed by atoms with E-state index in [0.717, 1.165) is 0 Å². The number of urea groups is 1. The fourth-order valence-electron chi connectivity index (χ4n) is 2.54. The van der Waals surface area contributed by atoms with Crippen LogP contribution in [0.4, 0.5) is 4.79 Å². The first-order valence-corrected chi connectivity index (χ1v) is 8.48. The maximum atomic E-state index is 12.1. The van der Waals surface area contributed by atoms with Gasteiger partial charge in [0.2, 0.25) is 0 Å². The van der Waals surface area contributed by atoms with Crippen molar-refractivity contribution in [1.29, 1.82) is 5.26 Å². The lowest BCUT2D eigenvalue weighted by Gasteiger charge is -2.28. The maximum absolute atomic E-state index is 12.1. The van der Waals surface area contributed by atoms with E-state index in [4.69, 9.17) is 22.1 Å². The van der Waals surface area contributed by atoms with Crippen molar-refractivity contribution in [2.75, 3.05) is 6.61 Å². The highest BCUT2D eigenvalue weighted by molar-refractivity contribution is 6.30. The number of allylic oxidation sites excluding steroid dienone is 1. The Hall–Kier alpha value is -3.30. The molecule has 3 N–H and O–H groups in total. The molecule has 1 unspecified atom stereocenters. The predicted octanol–water partition coefficient (Wildman–Crippen LogP) is 3.51. The number of primary amides is 1. The number of hydrogen-bond donors (Lipinski definition) is 2. The Morgan fingerprint density at radius 2 is 1.74 bits per heavy atom. The molecule has 2 rings (SSSR count). The van der Waals surface area contributed by atoms with Crippen molar-refractivity contribution in [2.24, 2.45) is 5.73 Å². The fourth-order valence-corrected chi connectivity index (χ4v) is 2.67. The molecule has 0 bridgehead atoms. The molecule has 1 atom stereocenters. The molecule has 0 aliphatic carbocycles. The van der Waals surface area contributed by atoms with Gasteiger partial charge in [0.25, 0.3) is 0 Å². The number of ketones is 1. The molecule has 0 aliphatic rings. The van der Waals surface area contributed by atoms with Crippen molar-refractivity contribution in [1.82, 2.24) is 5.32 Å². The number of nitrogens with two attached hydrogens (primary N) is 1. The molecule has 2 aromatic carbocycles. The van der Waals surface area contributed by atoms with Gasteiger partial charge in [0.05, 0.1) is 12.9 Å². The molecule has 6 nitrogen and oxygen atoms in total. The van der Waals surface area contributed by atoms with E-state index in [9.17, 15) is 14.9 Å². The summed E-state index contributed by atoms with van der Waals surface area (Å²) in [7, 11) is 0. The Labute approximate surface area is 162 Å². The maximum Gasteiger partial charge on any atom is 0.313 e. The number of ether oxygens (including phenoxy) is 1. The summed E-state index contributed by atoms with van der Waals surface area (Å²) < 4.78 is 5.02. The summed E-state index contributed by atoms with van der Waals surface area (Å²) in [5.41, 5.74) is 5.14. The monoisotopic (exact) mass is 383 g/mol. The van der Waals surface area contributed by atoms with Crippen molar-refractivity contribution < 1.29 is 14.3 Å². The zero-order chi connectivity index (χ0) is 19.9. The van der Waals surface area contributed by atoms with Crippen molar-refractivity contribution in [3.05, 3.63) is 82.6 Å². The smallest absolute Gasteiger partial charge is 0.313 e. The zero-order valence-corrected chi connectivity index (χ0v) is 15.4. The van der Waals surface area contributed by atoms with Gasteiger partial charge in [-0.25, -0.2) is 4.79 Å². The summed E-state index contributed by atoms with van der Waals surface area (Å²) in [4.78, 5) is 23.7. The summed E-state index contributed by atoms with van der Waals surface area (Å²) in [6.45, 7) is 2.28. The summed E-state index contributed by atoms with van der Waals surface area (Å²) in [6, 6.07) is 14.1. The molecule has 0 fully saturated rings. The second-order valence-corrected chi connectivity index (χ2v) is 5.99. The lowest BCUT2D eigenvalue weighted by atomic mass is 9.83. The van der Waals surface area contributed by atoms with Gasteiger partial charge in [0, 0.05) is 16.7 Å². The summed E-state index contributed by atoms with van der Waals surface area (Å²) in [6.07, 6.45) is 2.65. The van der Waals surface area contributed by atoms with Gasteiger partial charge in [-0.05, 0) is 30.2 Å². The van der Waals surface area contributed by atoms with Gasteiger partial charge in [-0.2, -0.15) is 5.26 Å². The summed E-state index contributed by atoms with van der Waals surface area (Å²) in [5.74, 6) is -0.244. The number of nitrogens with zero attached hydrogens (tertiary/aromatic N) is 1. The van der Waals surface area contributed by atoms with E-state index < -0.39 is 11.6 Å². The van der Waals surface area contributed by atoms with Crippen molar-refractivity contribution >= 4 is 23.4 Å². The van der Waals surface area contributed by atoms with Gasteiger partial charge >= 0.3 is 6.03 Å². The van der Waals surface area contributed by atoms with E-state index in [0.29, 0.717) is 28.3 Å². The van der Waals surface area contributed by atoms with Gasteiger partial charge in [0.1, 0.15) is 6.07 Å². The minimum Gasteiger partial charge on any atom is -0.501 e. The van der Waals surface area contributed by atoms with Crippen LogP contribution in [0.3, 0.4) is 0 Å². The molecular formula is C20H18ClN3O3. The van der Waals surface area contributed by atoms with Crippen LogP contribution in [0.15, 0.2) is 60.9 Å². The number of rotatable bonds is 7. The van der Waals surface area contributed by atoms with Gasteiger partial charge in [-0.3, -0.25) is 4.79 Å². The Balaban J connectivity index is 2.45. The van der Waals surface area contributed by atoms with E-state index in [1.54, 1.807) is 48.5 Å². The first kappa shape index (κ1) is 20.0. The Bertz CT molecular complexity index is 886. The highest BCUT2D eigenvalue weighted by Crippen LogP contribution is 2.30. The largest absolute Gasteiger partial charge is 0.501 e. The fraction of sp³-hybridized carbons (Fsp3) is 0.150. The number of hydrogen-bond acceptors (Lipinski definition) is 4. The van der Waals surface area contributed by atoms with Crippen molar-refractivity contribution in [3.8, 4) is 6.07 Å². The average molecular weight is 384 g/mol. The molecule has 0 aliphatic heterocycles. The predicted molar refractivity (Wildman–Crippen MR) is 102 cm³/mol. The highest BCUT2D eigenvalue weighted by atomic mass is 35.5. The number of amides is 2. The SMILES string of the molecule is CCOC=CC(=O)c1ccc(C(C#N)(NC(N)=O)c2ccc(Cl)cc2)cc1. The summed E-state index contributed by atoms with van der Waals surface area (Å²) >= 11 is 5.92. The first-order chi connectivity index (χ1) is 12.9. The van der Waals surface area contributed by atoms with Crippen LogP contribution in [0.5, 0.6) is 0 Å². The summed E-state index contributed by atoms with van der Waals surface area (Å²) in [5, 5.41) is 12.9. The second-order valence-electron chi connectivity index (χ2n) is 5.56. The van der Waals surface area contributed by atoms with E-state index in [2.05, 4.69) is 11.4 Å². The number of nitriles is 1. The number of halogens is 1. The van der Waals surface area contributed by atoms with Crippen LogP contribution in [0.2, 0.25) is 5.02 Å². The molecule has 2 aromatic rings. The Morgan fingerprint density at radius 1 is 1.19 bits per heavy atom. The van der Waals surface area contributed by atoms with Gasteiger partial charge < -0.3 is 15.8 Å². The minimum atomic E-state index is -1.51. The molecule has 7 heteroatoms. The molecule has 0 spiro atoms. The van der Waals surface area contributed by atoms with Crippen molar-refractivity contribution in [2.45, 2.75) is 12.5 Å². The topological polar surface area (TPSA) is 105 Å². The van der Waals surface area contributed by atoms with Crippen LogP contribution in [0.1, 0.15) is 28.4 Å². The van der Waals surface area contributed by atoms with E-state index in [1.165, 1.54) is 12.3 Å². The van der Waals surface area contributed by atoms with Gasteiger partial charge in [0.15, 0.2) is 11.3 Å². The number of benzene rings is 2. The van der Waals surface area contributed by atoms with Gasteiger partial charge in [-0.15, -0.1) is 0 Å². The van der Waals surface area contributed by atoms with E-state index in [-0.39, 0.29) is 5.78 Å². The number of nitrogens with one attached hydrogen (secondary N) is 1. The van der Waals surface area contributed by atoms with E-state index >= 15 is 0 Å². The van der Waals surface area contributed by atoms with Crippen molar-refractivity contribution in [3.63, 3.8) is 0 Å². The molecule has 138 valence electrons. The molecule has 2 amide bonds. The molecular weight excluding hydrogens is 366 g/mol. The van der Waals surface area contributed by atoms with Crippen LogP contribution < -0.4 is 11.1 Å². The number of carbonyl (C=O) groups is 2. The third-order valence-electron chi connectivity index (χ3n) is 3.84. The normalized spacial score (nSPS) is 12.8. The third kappa shape index (κ3) is 4.66. The van der Waals surface area contributed by atoms with Gasteiger partial charge in [-0.1, -0.05) is 48.0 Å². The zero-order valence-electron chi connectivity index (χ0n) is 14.6. The quantitative estimate of drug-likeness (QED) is 0.433. The Kier molecular flexibility index (Phi) is 6.58. The van der Waals surface area contributed by atoms with E-state index in [1.807, 2.05) is 6.92 Å².